The molecule has 2 aromatic rings. The van der Waals surface area contributed by atoms with Crippen LogP contribution in [-0.4, -0.2) is 27.5 Å². The number of rotatable bonds is 5. The standard InChI is InChI=1S/C13H15BrClN3O/c1-9-5-11(14)13(6-12(9)15)16-7-10(19)8-18-4-2-3-17-18/h2-6,10,16,19H,7-8H2,1H3. The molecule has 0 aliphatic carbocycles. The van der Waals surface area contributed by atoms with E-state index >= 15 is 0 Å². The largest absolute Gasteiger partial charge is 0.389 e. The van der Waals surface area contributed by atoms with Crippen LogP contribution < -0.4 is 5.32 Å². The summed E-state index contributed by atoms with van der Waals surface area (Å²) in [5.41, 5.74) is 1.88. The lowest BCUT2D eigenvalue weighted by atomic mass is 10.2. The fourth-order valence-electron chi connectivity index (χ4n) is 1.70. The van der Waals surface area contributed by atoms with Crippen molar-refractivity contribution in [3.05, 3.63) is 45.7 Å². The van der Waals surface area contributed by atoms with Crippen LogP contribution in [0.15, 0.2) is 35.1 Å². The molecule has 0 aliphatic heterocycles. The molecular formula is C13H15BrClN3O. The fourth-order valence-corrected chi connectivity index (χ4v) is 2.46. The topological polar surface area (TPSA) is 50.1 Å². The van der Waals surface area contributed by atoms with E-state index in [9.17, 15) is 5.11 Å². The van der Waals surface area contributed by atoms with Crippen LogP contribution in [0.5, 0.6) is 0 Å². The van der Waals surface area contributed by atoms with Gasteiger partial charge in [0, 0.05) is 28.4 Å². The number of halogens is 2. The Morgan fingerprint density at radius 2 is 2.32 bits per heavy atom. The second kappa shape index (κ2) is 6.41. The smallest absolute Gasteiger partial charge is 0.0907 e. The van der Waals surface area contributed by atoms with E-state index in [1.807, 2.05) is 31.3 Å². The minimum Gasteiger partial charge on any atom is -0.389 e. The highest BCUT2D eigenvalue weighted by molar-refractivity contribution is 9.10. The molecule has 1 heterocycles. The fraction of sp³-hybridized carbons (Fsp3) is 0.308. The number of aromatic nitrogens is 2. The third-order valence-corrected chi connectivity index (χ3v) is 3.80. The summed E-state index contributed by atoms with van der Waals surface area (Å²) in [4.78, 5) is 0. The van der Waals surface area contributed by atoms with E-state index in [0.29, 0.717) is 18.1 Å². The molecule has 6 heteroatoms. The summed E-state index contributed by atoms with van der Waals surface area (Å²) in [5.74, 6) is 0. The summed E-state index contributed by atoms with van der Waals surface area (Å²) >= 11 is 9.55. The number of hydrogen-bond donors (Lipinski definition) is 2. The van der Waals surface area contributed by atoms with Crippen LogP contribution >= 0.6 is 27.5 Å². The average molecular weight is 345 g/mol. The minimum atomic E-state index is -0.521. The van der Waals surface area contributed by atoms with Gasteiger partial charge in [-0.1, -0.05) is 11.6 Å². The van der Waals surface area contributed by atoms with Crippen LogP contribution in [0.2, 0.25) is 5.02 Å². The molecule has 4 nitrogen and oxygen atoms in total. The van der Waals surface area contributed by atoms with Gasteiger partial charge in [0.25, 0.3) is 0 Å². The molecule has 19 heavy (non-hydrogen) atoms. The SMILES string of the molecule is Cc1cc(Br)c(NCC(O)Cn2cccn2)cc1Cl. The van der Waals surface area contributed by atoms with Crippen LogP contribution in [0.3, 0.4) is 0 Å². The molecule has 1 unspecified atom stereocenters. The first-order valence-corrected chi connectivity index (χ1v) is 7.08. The van der Waals surface area contributed by atoms with Gasteiger partial charge in [-0.3, -0.25) is 4.68 Å². The Labute approximate surface area is 125 Å². The zero-order valence-electron chi connectivity index (χ0n) is 10.5. The highest BCUT2D eigenvalue weighted by Crippen LogP contribution is 2.29. The predicted octanol–water partition coefficient (Wildman–Crippen LogP) is 3.08. The van der Waals surface area contributed by atoms with Crippen molar-refractivity contribution in [2.24, 2.45) is 0 Å². The molecule has 0 radical (unpaired) electrons. The summed E-state index contributed by atoms with van der Waals surface area (Å²) in [6.07, 6.45) is 2.99. The predicted molar refractivity (Wildman–Crippen MR) is 80.6 cm³/mol. The lowest BCUT2D eigenvalue weighted by Crippen LogP contribution is -2.25. The number of aryl methyl sites for hydroxylation is 1. The molecule has 0 bridgehead atoms. The molecule has 102 valence electrons. The van der Waals surface area contributed by atoms with E-state index in [1.54, 1.807) is 10.9 Å². The highest BCUT2D eigenvalue weighted by atomic mass is 79.9. The first-order chi connectivity index (χ1) is 9.06. The van der Waals surface area contributed by atoms with Gasteiger partial charge in [0.05, 0.1) is 18.3 Å². The highest BCUT2D eigenvalue weighted by Gasteiger charge is 2.08. The van der Waals surface area contributed by atoms with Crippen LogP contribution in [-0.2, 0) is 6.54 Å². The third kappa shape index (κ3) is 3.96. The van der Waals surface area contributed by atoms with Crippen molar-refractivity contribution in [3.63, 3.8) is 0 Å². The molecule has 0 saturated heterocycles. The number of hydrogen-bond acceptors (Lipinski definition) is 3. The van der Waals surface area contributed by atoms with E-state index in [-0.39, 0.29) is 0 Å². The summed E-state index contributed by atoms with van der Waals surface area (Å²) in [6, 6.07) is 5.63. The van der Waals surface area contributed by atoms with Crippen molar-refractivity contribution >= 4 is 33.2 Å². The van der Waals surface area contributed by atoms with Gasteiger partial charge >= 0.3 is 0 Å². The Morgan fingerprint density at radius 1 is 1.53 bits per heavy atom. The zero-order chi connectivity index (χ0) is 13.8. The van der Waals surface area contributed by atoms with Crippen molar-refractivity contribution in [1.29, 1.82) is 0 Å². The molecule has 2 N–H and O–H groups in total. The summed E-state index contributed by atoms with van der Waals surface area (Å²) in [7, 11) is 0. The zero-order valence-corrected chi connectivity index (χ0v) is 12.8. The number of nitrogens with zero attached hydrogens (tertiary/aromatic N) is 2. The Morgan fingerprint density at radius 3 is 3.00 bits per heavy atom. The Bertz CT molecular complexity index is 545. The maximum absolute atomic E-state index is 9.93. The Hall–Kier alpha value is -1.04. The Balaban J connectivity index is 1.93. The van der Waals surface area contributed by atoms with Crippen molar-refractivity contribution in [2.45, 2.75) is 19.6 Å². The van der Waals surface area contributed by atoms with Crippen molar-refractivity contribution in [3.8, 4) is 0 Å². The van der Waals surface area contributed by atoms with Crippen molar-refractivity contribution < 1.29 is 5.11 Å². The first-order valence-electron chi connectivity index (χ1n) is 5.91. The average Bonchev–Trinajstić information content (AvgIpc) is 2.85. The summed E-state index contributed by atoms with van der Waals surface area (Å²) in [5, 5.41) is 17.9. The molecule has 1 atom stereocenters. The molecule has 0 fully saturated rings. The van der Waals surface area contributed by atoms with Gasteiger partial charge in [-0.05, 0) is 46.6 Å². The van der Waals surface area contributed by atoms with Crippen LogP contribution in [0.1, 0.15) is 5.56 Å². The van der Waals surface area contributed by atoms with Gasteiger partial charge in [0.15, 0.2) is 0 Å². The molecular weight excluding hydrogens is 330 g/mol. The van der Waals surface area contributed by atoms with E-state index in [4.69, 9.17) is 11.6 Å². The molecule has 0 amide bonds. The normalized spacial score (nSPS) is 12.4. The van der Waals surface area contributed by atoms with E-state index in [0.717, 1.165) is 15.7 Å². The second-order valence-electron chi connectivity index (χ2n) is 4.34. The van der Waals surface area contributed by atoms with E-state index in [1.165, 1.54) is 0 Å². The molecule has 0 aliphatic rings. The molecule has 0 saturated carbocycles. The van der Waals surface area contributed by atoms with Gasteiger partial charge in [-0.25, -0.2) is 0 Å². The van der Waals surface area contributed by atoms with Crippen LogP contribution in [0.4, 0.5) is 5.69 Å². The third-order valence-electron chi connectivity index (χ3n) is 2.73. The summed E-state index contributed by atoms with van der Waals surface area (Å²) in [6.45, 7) is 2.83. The Kier molecular flexibility index (Phi) is 4.85. The first kappa shape index (κ1) is 14.4. The molecule has 1 aromatic carbocycles. The van der Waals surface area contributed by atoms with E-state index in [2.05, 4.69) is 26.3 Å². The van der Waals surface area contributed by atoms with Crippen molar-refractivity contribution in [2.75, 3.05) is 11.9 Å². The molecule has 2 rings (SSSR count). The van der Waals surface area contributed by atoms with Gasteiger partial charge in [-0.15, -0.1) is 0 Å². The maximum Gasteiger partial charge on any atom is 0.0907 e. The quantitative estimate of drug-likeness (QED) is 0.876. The lowest BCUT2D eigenvalue weighted by molar-refractivity contribution is 0.161. The van der Waals surface area contributed by atoms with Gasteiger partial charge in [0.2, 0.25) is 0 Å². The van der Waals surface area contributed by atoms with E-state index < -0.39 is 6.10 Å². The van der Waals surface area contributed by atoms with Crippen molar-refractivity contribution in [1.82, 2.24) is 9.78 Å². The lowest BCUT2D eigenvalue weighted by Gasteiger charge is -2.15. The van der Waals surface area contributed by atoms with Gasteiger partial charge in [-0.2, -0.15) is 5.10 Å². The number of nitrogens with one attached hydrogen (secondary N) is 1. The summed E-state index contributed by atoms with van der Waals surface area (Å²) < 4.78 is 2.63. The van der Waals surface area contributed by atoms with Gasteiger partial charge < -0.3 is 10.4 Å². The maximum atomic E-state index is 9.93. The number of aliphatic hydroxyl groups is 1. The number of benzene rings is 1. The molecule has 0 spiro atoms. The van der Waals surface area contributed by atoms with Gasteiger partial charge in [0.1, 0.15) is 0 Å². The van der Waals surface area contributed by atoms with Crippen LogP contribution in [0, 0.1) is 6.92 Å². The monoisotopic (exact) mass is 343 g/mol. The van der Waals surface area contributed by atoms with Crippen LogP contribution in [0.25, 0.3) is 0 Å². The second-order valence-corrected chi connectivity index (χ2v) is 5.61. The minimum absolute atomic E-state index is 0.428. The molecule has 1 aromatic heterocycles. The number of anilines is 1. The number of aliphatic hydroxyl groups excluding tert-OH is 1.